The Balaban J connectivity index is 1.30. The number of nitrogens with zero attached hydrogens (tertiary/aromatic N) is 3. The first-order valence-corrected chi connectivity index (χ1v) is 12.7. The first kappa shape index (κ1) is 26.8. The summed E-state index contributed by atoms with van der Waals surface area (Å²) in [6.45, 7) is 3.64. The number of halogens is 3. The predicted octanol–water partition coefficient (Wildman–Crippen LogP) is 6.97. The third-order valence-corrected chi connectivity index (χ3v) is 6.79. The first-order chi connectivity index (χ1) is 19.0. The van der Waals surface area contributed by atoms with E-state index in [0.29, 0.717) is 33.5 Å². The average molecular weight is 563 g/mol. The summed E-state index contributed by atoms with van der Waals surface area (Å²) in [5.74, 6) is -0.660. The Bertz CT molecular complexity index is 1750. The van der Waals surface area contributed by atoms with Gasteiger partial charge in [-0.25, -0.2) is 15.0 Å². The van der Waals surface area contributed by atoms with Gasteiger partial charge in [0.05, 0.1) is 15.8 Å². The molecule has 0 saturated carbocycles. The SMILES string of the molecule is Cc1ccnc(Nc2nc3ccc(C(=O)Nc4cc(NC(=O)c5cccc(C(F)(F)F)c5)ccc4C)cc3s2)n1. The van der Waals surface area contributed by atoms with E-state index in [1.807, 2.05) is 6.92 Å². The van der Waals surface area contributed by atoms with Gasteiger partial charge in [0.2, 0.25) is 5.95 Å². The zero-order valence-electron chi connectivity index (χ0n) is 21.1. The summed E-state index contributed by atoms with van der Waals surface area (Å²) in [6, 6.07) is 15.9. The van der Waals surface area contributed by atoms with Crippen LogP contribution in [0.25, 0.3) is 10.2 Å². The van der Waals surface area contributed by atoms with Crippen LogP contribution in [0.3, 0.4) is 0 Å². The van der Waals surface area contributed by atoms with Gasteiger partial charge in [-0.1, -0.05) is 23.5 Å². The van der Waals surface area contributed by atoms with Gasteiger partial charge in [-0.05, 0) is 74.0 Å². The van der Waals surface area contributed by atoms with E-state index in [1.54, 1.807) is 55.6 Å². The summed E-state index contributed by atoms with van der Waals surface area (Å²) < 4.78 is 39.8. The second-order valence-corrected chi connectivity index (χ2v) is 9.90. The lowest BCUT2D eigenvalue weighted by molar-refractivity contribution is -0.137. The average Bonchev–Trinajstić information content (AvgIpc) is 3.31. The van der Waals surface area contributed by atoms with Crippen LogP contribution < -0.4 is 16.0 Å². The number of nitrogens with one attached hydrogen (secondary N) is 3. The molecule has 0 bridgehead atoms. The van der Waals surface area contributed by atoms with Crippen LogP contribution in [0.15, 0.2) is 72.9 Å². The number of hydrogen-bond acceptors (Lipinski definition) is 7. The Morgan fingerprint density at radius 3 is 2.40 bits per heavy atom. The monoisotopic (exact) mass is 562 g/mol. The van der Waals surface area contributed by atoms with Gasteiger partial charge in [0.25, 0.3) is 11.8 Å². The number of alkyl halides is 3. The van der Waals surface area contributed by atoms with Crippen molar-refractivity contribution in [3.05, 3.63) is 101 Å². The van der Waals surface area contributed by atoms with E-state index in [2.05, 4.69) is 30.9 Å². The summed E-state index contributed by atoms with van der Waals surface area (Å²) in [4.78, 5) is 38.7. The van der Waals surface area contributed by atoms with Crippen molar-refractivity contribution in [2.45, 2.75) is 20.0 Å². The van der Waals surface area contributed by atoms with Crippen LogP contribution in [-0.2, 0) is 6.18 Å². The Kier molecular flexibility index (Phi) is 7.18. The van der Waals surface area contributed by atoms with Gasteiger partial charge in [0.1, 0.15) is 0 Å². The minimum atomic E-state index is -4.56. The Hall–Kier alpha value is -4.84. The first-order valence-electron chi connectivity index (χ1n) is 11.9. The van der Waals surface area contributed by atoms with Crippen molar-refractivity contribution in [3.8, 4) is 0 Å². The molecule has 5 aromatic rings. The fourth-order valence-corrected chi connectivity index (χ4v) is 4.69. The molecule has 0 radical (unpaired) electrons. The van der Waals surface area contributed by atoms with Gasteiger partial charge in [-0.2, -0.15) is 13.2 Å². The van der Waals surface area contributed by atoms with Crippen molar-refractivity contribution in [2.75, 3.05) is 16.0 Å². The Morgan fingerprint density at radius 1 is 0.850 bits per heavy atom. The number of aromatic nitrogens is 3. The summed E-state index contributed by atoms with van der Waals surface area (Å²) >= 11 is 1.35. The zero-order chi connectivity index (χ0) is 28.4. The van der Waals surface area contributed by atoms with Crippen LogP contribution in [0.4, 0.5) is 35.6 Å². The van der Waals surface area contributed by atoms with Gasteiger partial charge in [-0.3, -0.25) is 9.59 Å². The molecule has 0 unspecified atom stereocenters. The molecule has 40 heavy (non-hydrogen) atoms. The van der Waals surface area contributed by atoms with E-state index in [0.717, 1.165) is 28.1 Å². The molecule has 0 aliphatic carbocycles. The van der Waals surface area contributed by atoms with E-state index in [-0.39, 0.29) is 11.5 Å². The smallest absolute Gasteiger partial charge is 0.322 e. The number of thiazole rings is 1. The standard InChI is InChI=1S/C28H21F3N6O2S/c1-15-6-8-20(34-24(38)17-4-3-5-19(12-17)28(29,30)31)14-22(15)35-25(39)18-7-9-21-23(13-18)40-27(36-21)37-26-32-11-10-16(2)33-26/h3-14H,1-2H3,(H,34,38)(H,35,39)(H,32,33,36,37). The molecule has 0 atom stereocenters. The quantitative estimate of drug-likeness (QED) is 0.206. The van der Waals surface area contributed by atoms with Crippen LogP contribution in [0.2, 0.25) is 0 Å². The summed E-state index contributed by atoms with van der Waals surface area (Å²) in [6.07, 6.45) is -2.92. The summed E-state index contributed by atoms with van der Waals surface area (Å²) in [7, 11) is 0. The highest BCUT2D eigenvalue weighted by atomic mass is 32.1. The molecular weight excluding hydrogens is 541 g/mol. The second kappa shape index (κ2) is 10.7. The van der Waals surface area contributed by atoms with Crippen molar-refractivity contribution in [1.82, 2.24) is 15.0 Å². The van der Waals surface area contributed by atoms with Crippen molar-refractivity contribution < 1.29 is 22.8 Å². The van der Waals surface area contributed by atoms with E-state index >= 15 is 0 Å². The van der Waals surface area contributed by atoms with E-state index in [1.165, 1.54) is 23.5 Å². The third-order valence-electron chi connectivity index (χ3n) is 5.86. The minimum absolute atomic E-state index is 0.137. The van der Waals surface area contributed by atoms with Crippen LogP contribution >= 0.6 is 11.3 Å². The number of fused-ring (bicyclic) bond motifs is 1. The number of carbonyl (C=O) groups is 2. The molecule has 0 spiro atoms. The minimum Gasteiger partial charge on any atom is -0.322 e. The van der Waals surface area contributed by atoms with E-state index in [4.69, 9.17) is 0 Å². The predicted molar refractivity (Wildman–Crippen MR) is 148 cm³/mol. The highest BCUT2D eigenvalue weighted by molar-refractivity contribution is 7.22. The number of rotatable bonds is 6. The highest BCUT2D eigenvalue weighted by Crippen LogP contribution is 2.31. The summed E-state index contributed by atoms with van der Waals surface area (Å²) in [5.41, 5.74) is 2.34. The lowest BCUT2D eigenvalue weighted by atomic mass is 10.1. The molecule has 8 nitrogen and oxygen atoms in total. The lowest BCUT2D eigenvalue weighted by Crippen LogP contribution is -2.15. The molecular formula is C28H21F3N6O2S. The maximum atomic E-state index is 13.1. The van der Waals surface area contributed by atoms with Crippen molar-refractivity contribution in [3.63, 3.8) is 0 Å². The van der Waals surface area contributed by atoms with Gasteiger partial charge >= 0.3 is 6.18 Å². The topological polar surface area (TPSA) is 109 Å². The second-order valence-electron chi connectivity index (χ2n) is 8.86. The molecule has 3 aromatic carbocycles. The largest absolute Gasteiger partial charge is 0.416 e. The number of hydrogen-bond donors (Lipinski definition) is 3. The van der Waals surface area contributed by atoms with Crippen LogP contribution in [0.5, 0.6) is 0 Å². The maximum Gasteiger partial charge on any atom is 0.416 e. The van der Waals surface area contributed by atoms with E-state index in [9.17, 15) is 22.8 Å². The molecule has 202 valence electrons. The highest BCUT2D eigenvalue weighted by Gasteiger charge is 2.31. The normalized spacial score (nSPS) is 11.3. The van der Waals surface area contributed by atoms with Gasteiger partial charge in [0, 0.05) is 34.4 Å². The maximum absolute atomic E-state index is 13.1. The molecule has 0 aliphatic heterocycles. The van der Waals surface area contributed by atoms with Crippen LogP contribution in [0, 0.1) is 13.8 Å². The van der Waals surface area contributed by atoms with Crippen LogP contribution in [-0.4, -0.2) is 26.8 Å². The van der Waals surface area contributed by atoms with E-state index < -0.39 is 17.6 Å². The molecule has 5 rings (SSSR count). The molecule has 0 saturated heterocycles. The Labute approximate surface area is 230 Å². The fourth-order valence-electron chi connectivity index (χ4n) is 3.79. The molecule has 12 heteroatoms. The molecule has 0 fully saturated rings. The number of anilines is 4. The van der Waals surface area contributed by atoms with Gasteiger partial charge in [0.15, 0.2) is 5.13 Å². The number of benzene rings is 3. The van der Waals surface area contributed by atoms with Gasteiger partial charge < -0.3 is 16.0 Å². The van der Waals surface area contributed by atoms with Gasteiger partial charge in [-0.15, -0.1) is 0 Å². The van der Waals surface area contributed by atoms with Crippen molar-refractivity contribution in [2.24, 2.45) is 0 Å². The number of aryl methyl sites for hydroxylation is 2. The number of carbonyl (C=O) groups excluding carboxylic acids is 2. The molecule has 2 heterocycles. The third kappa shape index (κ3) is 6.07. The van der Waals surface area contributed by atoms with Crippen molar-refractivity contribution >= 4 is 55.8 Å². The van der Waals surface area contributed by atoms with Crippen LogP contribution in [0.1, 0.15) is 37.5 Å². The summed E-state index contributed by atoms with van der Waals surface area (Å²) in [5, 5.41) is 9.07. The zero-order valence-corrected chi connectivity index (χ0v) is 21.9. The lowest BCUT2D eigenvalue weighted by Gasteiger charge is -2.13. The molecule has 2 amide bonds. The molecule has 0 aliphatic rings. The Morgan fingerprint density at radius 2 is 1.62 bits per heavy atom. The molecule has 3 N–H and O–H groups in total. The van der Waals surface area contributed by atoms with Crippen molar-refractivity contribution in [1.29, 1.82) is 0 Å². The molecule has 2 aromatic heterocycles. The number of amides is 2. The fraction of sp³-hybridized carbons (Fsp3) is 0.107.